The van der Waals surface area contributed by atoms with Gasteiger partial charge in [-0.25, -0.2) is 0 Å². The van der Waals surface area contributed by atoms with Crippen molar-refractivity contribution in [2.75, 3.05) is 5.88 Å². The highest BCUT2D eigenvalue weighted by Gasteiger charge is 2.14. The first-order valence-corrected chi connectivity index (χ1v) is 7.73. The number of aryl methyl sites for hydroxylation is 1. The average Bonchev–Trinajstić information content (AvgIpc) is 3.01. The molecular weight excluding hydrogens is 312 g/mol. The summed E-state index contributed by atoms with van der Waals surface area (Å²) in [5.41, 5.74) is 1.71. The van der Waals surface area contributed by atoms with Gasteiger partial charge in [-0.15, -0.1) is 11.6 Å². The Hall–Kier alpha value is -2.58. The summed E-state index contributed by atoms with van der Waals surface area (Å²) in [6, 6.07) is 11.3. The topological polar surface area (TPSA) is 70.7 Å². The lowest BCUT2D eigenvalue weighted by molar-refractivity contribution is -0.117. The van der Waals surface area contributed by atoms with E-state index in [1.165, 1.54) is 6.08 Å². The lowest BCUT2D eigenvalue weighted by Gasteiger charge is -2.13. The fourth-order valence-corrected chi connectivity index (χ4v) is 2.25. The van der Waals surface area contributed by atoms with Gasteiger partial charge in [0.05, 0.1) is 18.8 Å². The maximum Gasteiger partial charge on any atom is 0.262 e. The maximum atomic E-state index is 12.2. The predicted octanol–water partition coefficient (Wildman–Crippen LogP) is 2.91. The van der Waals surface area contributed by atoms with Crippen LogP contribution in [0.4, 0.5) is 0 Å². The van der Waals surface area contributed by atoms with Crippen LogP contribution in [0.25, 0.3) is 6.08 Å². The van der Waals surface area contributed by atoms with Gasteiger partial charge in [-0.05, 0) is 18.6 Å². The molecule has 0 radical (unpaired) electrons. The van der Waals surface area contributed by atoms with Crippen molar-refractivity contribution in [3.63, 3.8) is 0 Å². The molecule has 0 fully saturated rings. The van der Waals surface area contributed by atoms with Crippen molar-refractivity contribution in [1.29, 1.82) is 5.26 Å². The van der Waals surface area contributed by atoms with Crippen molar-refractivity contribution in [3.05, 3.63) is 59.4 Å². The van der Waals surface area contributed by atoms with Crippen LogP contribution in [0.2, 0.25) is 0 Å². The molecule has 0 spiro atoms. The summed E-state index contributed by atoms with van der Waals surface area (Å²) in [5.74, 6) is 0.0410. The zero-order valence-electron chi connectivity index (χ0n) is 12.7. The van der Waals surface area contributed by atoms with E-state index in [2.05, 4.69) is 10.4 Å². The number of rotatable bonds is 6. The number of aromatic nitrogens is 2. The van der Waals surface area contributed by atoms with Gasteiger partial charge in [-0.1, -0.05) is 30.3 Å². The monoisotopic (exact) mass is 328 g/mol. The largest absolute Gasteiger partial charge is 0.345 e. The molecule has 1 N–H and O–H groups in total. The maximum absolute atomic E-state index is 12.2. The minimum atomic E-state index is -0.408. The summed E-state index contributed by atoms with van der Waals surface area (Å²) in [7, 11) is 0. The molecule has 118 valence electrons. The van der Waals surface area contributed by atoms with Crippen LogP contribution in [0.5, 0.6) is 0 Å². The summed E-state index contributed by atoms with van der Waals surface area (Å²) in [5, 5.41) is 16.2. The molecule has 2 rings (SSSR count). The van der Waals surface area contributed by atoms with Crippen LogP contribution in [0.15, 0.2) is 48.3 Å². The van der Waals surface area contributed by atoms with Crippen LogP contribution in [0.3, 0.4) is 0 Å². The molecule has 5 nitrogen and oxygen atoms in total. The first-order chi connectivity index (χ1) is 11.1. The van der Waals surface area contributed by atoms with Crippen molar-refractivity contribution in [2.45, 2.75) is 19.5 Å². The zero-order chi connectivity index (χ0) is 16.7. The predicted molar refractivity (Wildman–Crippen MR) is 89.5 cm³/mol. The molecule has 0 aliphatic rings. The number of amides is 1. The van der Waals surface area contributed by atoms with E-state index >= 15 is 0 Å². The van der Waals surface area contributed by atoms with Crippen LogP contribution in [-0.2, 0) is 11.3 Å². The van der Waals surface area contributed by atoms with E-state index in [1.54, 1.807) is 17.1 Å². The molecule has 1 aromatic carbocycles. The van der Waals surface area contributed by atoms with E-state index in [9.17, 15) is 10.1 Å². The number of nitrogens with zero attached hydrogens (tertiary/aromatic N) is 3. The molecule has 1 aromatic heterocycles. The van der Waals surface area contributed by atoms with Gasteiger partial charge < -0.3 is 5.32 Å². The number of hydrogen-bond acceptors (Lipinski definition) is 3. The zero-order valence-corrected chi connectivity index (χ0v) is 13.5. The highest BCUT2D eigenvalue weighted by molar-refractivity contribution is 6.17. The van der Waals surface area contributed by atoms with Gasteiger partial charge in [0, 0.05) is 17.6 Å². The Kier molecular flexibility index (Phi) is 5.95. The molecule has 0 aliphatic carbocycles. The molecule has 0 bridgehead atoms. The minimum absolute atomic E-state index is 0.0400. The number of halogens is 1. The molecule has 1 atom stereocenters. The van der Waals surface area contributed by atoms with Crippen molar-refractivity contribution >= 4 is 23.6 Å². The normalized spacial score (nSPS) is 12.5. The molecule has 1 heterocycles. The van der Waals surface area contributed by atoms with Crippen LogP contribution < -0.4 is 5.32 Å². The van der Waals surface area contributed by atoms with Crippen LogP contribution >= 0.6 is 11.6 Å². The Morgan fingerprint density at radius 3 is 2.87 bits per heavy atom. The third kappa shape index (κ3) is 4.70. The Morgan fingerprint density at radius 2 is 2.22 bits per heavy atom. The van der Waals surface area contributed by atoms with Crippen LogP contribution in [-0.4, -0.2) is 21.6 Å². The van der Waals surface area contributed by atoms with E-state index < -0.39 is 5.91 Å². The summed E-state index contributed by atoms with van der Waals surface area (Å²) < 4.78 is 1.67. The van der Waals surface area contributed by atoms with E-state index in [1.807, 2.05) is 43.3 Å². The van der Waals surface area contributed by atoms with Crippen molar-refractivity contribution in [1.82, 2.24) is 15.1 Å². The van der Waals surface area contributed by atoms with Gasteiger partial charge in [-0.3, -0.25) is 9.48 Å². The van der Waals surface area contributed by atoms with Crippen molar-refractivity contribution in [3.8, 4) is 6.07 Å². The van der Waals surface area contributed by atoms with Gasteiger partial charge >= 0.3 is 0 Å². The molecule has 23 heavy (non-hydrogen) atoms. The highest BCUT2D eigenvalue weighted by Crippen LogP contribution is 2.13. The van der Waals surface area contributed by atoms with Crippen molar-refractivity contribution in [2.24, 2.45) is 0 Å². The van der Waals surface area contributed by atoms with E-state index in [-0.39, 0.29) is 11.6 Å². The van der Waals surface area contributed by atoms with Gasteiger partial charge in [-0.2, -0.15) is 10.4 Å². The number of nitriles is 1. The van der Waals surface area contributed by atoms with Crippen molar-refractivity contribution < 1.29 is 4.79 Å². The second-order valence-corrected chi connectivity index (χ2v) is 5.38. The van der Waals surface area contributed by atoms with Gasteiger partial charge in [0.2, 0.25) is 0 Å². The Bertz CT molecular complexity index is 731. The lowest BCUT2D eigenvalue weighted by atomic mass is 10.1. The molecule has 1 amide bonds. The third-order valence-corrected chi connectivity index (χ3v) is 3.46. The summed E-state index contributed by atoms with van der Waals surface area (Å²) in [6.07, 6.45) is 4.86. The SMILES string of the molecule is C[C@H](NC(=O)/C(C#N)=C\c1cnn(CCCl)c1)c1ccccc1. The van der Waals surface area contributed by atoms with E-state index in [0.29, 0.717) is 18.0 Å². The average molecular weight is 329 g/mol. The highest BCUT2D eigenvalue weighted by atomic mass is 35.5. The molecule has 2 aromatic rings. The van der Waals surface area contributed by atoms with Crippen LogP contribution in [0.1, 0.15) is 24.1 Å². The van der Waals surface area contributed by atoms with Crippen LogP contribution in [0, 0.1) is 11.3 Å². The Labute approximate surface area is 140 Å². The molecule has 0 saturated carbocycles. The summed E-state index contributed by atoms with van der Waals surface area (Å²) >= 11 is 5.65. The lowest BCUT2D eigenvalue weighted by Crippen LogP contribution is -2.27. The first-order valence-electron chi connectivity index (χ1n) is 7.20. The van der Waals surface area contributed by atoms with E-state index in [0.717, 1.165) is 5.56 Å². The standard InChI is InChI=1S/C17H17ClN4O/c1-13(15-5-3-2-4-6-15)21-17(23)16(10-19)9-14-11-20-22(12-14)8-7-18/h2-6,9,11-13H,7-8H2,1H3,(H,21,23)/b16-9-/t13-/m0/s1. The number of alkyl halides is 1. The number of hydrogen-bond donors (Lipinski definition) is 1. The second kappa shape index (κ2) is 8.16. The molecule has 0 unspecified atom stereocenters. The second-order valence-electron chi connectivity index (χ2n) is 5.00. The van der Waals surface area contributed by atoms with Gasteiger partial charge in [0.25, 0.3) is 5.91 Å². The Balaban J connectivity index is 2.09. The number of carbonyl (C=O) groups is 1. The number of nitrogens with one attached hydrogen (secondary N) is 1. The number of benzene rings is 1. The molecular formula is C17H17ClN4O. The molecule has 0 saturated heterocycles. The van der Waals surface area contributed by atoms with E-state index in [4.69, 9.17) is 11.6 Å². The third-order valence-electron chi connectivity index (χ3n) is 3.29. The first kappa shape index (κ1) is 16.8. The summed E-state index contributed by atoms with van der Waals surface area (Å²) in [6.45, 7) is 2.45. The smallest absolute Gasteiger partial charge is 0.262 e. The fraction of sp³-hybridized carbons (Fsp3) is 0.235. The summed E-state index contributed by atoms with van der Waals surface area (Å²) in [4.78, 5) is 12.2. The number of carbonyl (C=O) groups excluding carboxylic acids is 1. The quantitative estimate of drug-likeness (QED) is 0.503. The van der Waals surface area contributed by atoms with Gasteiger partial charge in [0.15, 0.2) is 0 Å². The molecule has 6 heteroatoms. The Morgan fingerprint density at radius 1 is 1.48 bits per heavy atom. The minimum Gasteiger partial charge on any atom is -0.345 e. The molecule has 0 aliphatic heterocycles. The van der Waals surface area contributed by atoms with Gasteiger partial charge in [0.1, 0.15) is 11.6 Å². The fourth-order valence-electron chi connectivity index (χ4n) is 2.08.